The molecule has 1 aliphatic heterocycles. The third kappa shape index (κ3) is 2.35. The van der Waals surface area contributed by atoms with Gasteiger partial charge in [-0.1, -0.05) is 5.88 Å². The van der Waals surface area contributed by atoms with E-state index in [4.69, 9.17) is 5.11 Å². The van der Waals surface area contributed by atoms with Crippen LogP contribution in [0.2, 0.25) is 0 Å². The van der Waals surface area contributed by atoms with Gasteiger partial charge in [0.25, 0.3) is 0 Å². The maximum atomic E-state index is 10.1. The van der Waals surface area contributed by atoms with Crippen LogP contribution < -0.4 is 18.9 Å². The number of aliphatic carboxylic acids is 1. The standard InChI is InChI=1S/C4H4NO2S.Li/c6-4(7)3-1-5-2-8-3;/h1H,2H2,(H,6,7);/q-1;+1. The van der Waals surface area contributed by atoms with E-state index < -0.39 is 5.97 Å². The van der Waals surface area contributed by atoms with Gasteiger partial charge in [-0.2, -0.15) is 6.20 Å². The van der Waals surface area contributed by atoms with Crippen molar-refractivity contribution in [2.75, 3.05) is 5.88 Å². The first-order valence-corrected chi connectivity index (χ1v) is 3.02. The van der Waals surface area contributed by atoms with E-state index in [2.05, 4.69) is 5.32 Å². The molecule has 0 unspecified atom stereocenters. The van der Waals surface area contributed by atoms with Crippen molar-refractivity contribution >= 4 is 17.7 Å². The first-order valence-electron chi connectivity index (χ1n) is 2.03. The normalized spacial score (nSPS) is 15.3. The second-order valence-corrected chi connectivity index (χ2v) is 2.24. The first kappa shape index (κ1) is 8.96. The van der Waals surface area contributed by atoms with Crippen LogP contribution in [0, 0.1) is 0 Å². The van der Waals surface area contributed by atoms with Gasteiger partial charge in [-0.15, -0.1) is 11.8 Å². The molecule has 0 amide bonds. The average Bonchev–Trinajstić information content (AvgIpc) is 2.12. The Morgan fingerprint density at radius 2 is 2.56 bits per heavy atom. The van der Waals surface area contributed by atoms with Gasteiger partial charge in [0.05, 0.1) is 4.91 Å². The minimum atomic E-state index is -0.878. The van der Waals surface area contributed by atoms with Crippen LogP contribution in [-0.2, 0) is 4.79 Å². The summed E-state index contributed by atoms with van der Waals surface area (Å²) in [6.07, 6.45) is 1.38. The van der Waals surface area contributed by atoms with Crippen LogP contribution >= 0.6 is 11.8 Å². The van der Waals surface area contributed by atoms with Crippen LogP contribution in [0.15, 0.2) is 11.1 Å². The third-order valence-corrected chi connectivity index (χ3v) is 1.58. The third-order valence-electron chi connectivity index (χ3n) is 0.714. The Morgan fingerprint density at radius 1 is 1.89 bits per heavy atom. The molecule has 44 valence electrons. The van der Waals surface area contributed by atoms with Crippen LogP contribution in [0.5, 0.6) is 0 Å². The quantitative estimate of drug-likeness (QED) is 0.425. The molecule has 0 saturated carbocycles. The Labute approximate surface area is 69.1 Å². The number of carboxylic acids is 1. The van der Waals surface area contributed by atoms with E-state index in [-0.39, 0.29) is 18.9 Å². The molecule has 0 atom stereocenters. The molecule has 3 nitrogen and oxygen atoms in total. The number of carboxylic acid groups (broad SMARTS) is 1. The maximum Gasteiger partial charge on any atom is 1.00 e. The molecule has 0 radical (unpaired) electrons. The fourth-order valence-electron chi connectivity index (χ4n) is 0.381. The average molecular weight is 137 g/mol. The van der Waals surface area contributed by atoms with Gasteiger partial charge in [-0.3, -0.25) is 0 Å². The molecule has 1 heterocycles. The summed E-state index contributed by atoms with van der Waals surface area (Å²) in [6.45, 7) is 0. The molecule has 0 aliphatic carbocycles. The minimum absolute atomic E-state index is 0. The molecule has 0 aromatic rings. The van der Waals surface area contributed by atoms with Crippen LogP contribution in [-0.4, -0.2) is 17.0 Å². The summed E-state index contributed by atoms with van der Waals surface area (Å²) in [6, 6.07) is 0. The molecule has 1 N–H and O–H groups in total. The van der Waals surface area contributed by atoms with Gasteiger partial charge in [0, 0.05) is 0 Å². The van der Waals surface area contributed by atoms with Crippen LogP contribution in [0.3, 0.4) is 0 Å². The van der Waals surface area contributed by atoms with Gasteiger partial charge in [0.15, 0.2) is 0 Å². The van der Waals surface area contributed by atoms with Crippen molar-refractivity contribution < 1.29 is 28.8 Å². The van der Waals surface area contributed by atoms with Crippen molar-refractivity contribution in [1.29, 1.82) is 0 Å². The van der Waals surface area contributed by atoms with Gasteiger partial charge in [-0.25, -0.2) is 4.79 Å². The number of hydrogen-bond acceptors (Lipinski definition) is 2. The Hall–Kier alpha value is -0.0426. The van der Waals surface area contributed by atoms with Crippen LogP contribution in [0.4, 0.5) is 0 Å². The molecule has 0 aromatic carbocycles. The monoisotopic (exact) mass is 137 g/mol. The molecule has 5 heteroatoms. The van der Waals surface area contributed by atoms with E-state index in [1.54, 1.807) is 0 Å². The minimum Gasteiger partial charge on any atom is -0.681 e. The number of hydrogen-bond donors (Lipinski definition) is 1. The summed E-state index contributed by atoms with van der Waals surface area (Å²) in [5, 5.41) is 12.0. The summed E-state index contributed by atoms with van der Waals surface area (Å²) >= 11 is 1.25. The van der Waals surface area contributed by atoms with Crippen molar-refractivity contribution in [3.63, 3.8) is 0 Å². The fraction of sp³-hybridized carbons (Fsp3) is 0.250. The predicted octanol–water partition coefficient (Wildman–Crippen LogP) is -2.01. The van der Waals surface area contributed by atoms with Crippen molar-refractivity contribution in [2.24, 2.45) is 0 Å². The molecule has 0 spiro atoms. The smallest absolute Gasteiger partial charge is 0.681 e. The molecular formula is C4H4LiNO2S. The summed E-state index contributed by atoms with van der Waals surface area (Å²) in [5.41, 5.74) is 0. The van der Waals surface area contributed by atoms with Crippen molar-refractivity contribution in [3.05, 3.63) is 16.4 Å². The molecule has 0 bridgehead atoms. The molecular weight excluding hydrogens is 133 g/mol. The van der Waals surface area contributed by atoms with Gasteiger partial charge in [0.1, 0.15) is 0 Å². The maximum absolute atomic E-state index is 10.1. The van der Waals surface area contributed by atoms with Crippen molar-refractivity contribution in [3.8, 4) is 0 Å². The Kier molecular flexibility index (Phi) is 3.87. The number of carbonyl (C=O) groups is 1. The first-order chi connectivity index (χ1) is 3.80. The van der Waals surface area contributed by atoms with Crippen molar-refractivity contribution in [2.45, 2.75) is 0 Å². The molecule has 1 aliphatic rings. The largest absolute Gasteiger partial charge is 1.00 e. The summed E-state index contributed by atoms with van der Waals surface area (Å²) in [4.78, 5) is 10.4. The zero-order valence-corrected chi connectivity index (χ0v) is 5.81. The Balaban J connectivity index is 0.000000640. The number of thioether (sulfide) groups is 1. The van der Waals surface area contributed by atoms with Gasteiger partial charge in [0.2, 0.25) is 0 Å². The molecule has 9 heavy (non-hydrogen) atoms. The van der Waals surface area contributed by atoms with E-state index in [1.165, 1.54) is 18.0 Å². The zero-order chi connectivity index (χ0) is 5.98. The van der Waals surface area contributed by atoms with E-state index in [0.29, 0.717) is 10.8 Å². The molecule has 0 fully saturated rings. The van der Waals surface area contributed by atoms with Crippen LogP contribution in [0.1, 0.15) is 0 Å². The summed E-state index contributed by atoms with van der Waals surface area (Å²) in [7, 11) is 0. The predicted molar refractivity (Wildman–Crippen MR) is 31.5 cm³/mol. The van der Waals surface area contributed by atoms with Gasteiger partial charge < -0.3 is 10.4 Å². The Bertz CT molecular complexity index is 148. The number of nitrogens with zero attached hydrogens (tertiary/aromatic N) is 1. The topological polar surface area (TPSA) is 51.4 Å². The van der Waals surface area contributed by atoms with Gasteiger partial charge >= 0.3 is 24.8 Å². The van der Waals surface area contributed by atoms with E-state index in [9.17, 15) is 4.79 Å². The van der Waals surface area contributed by atoms with Crippen LogP contribution in [0.25, 0.3) is 5.32 Å². The second-order valence-electron chi connectivity index (χ2n) is 1.25. The zero-order valence-electron chi connectivity index (χ0n) is 5.00. The SMILES string of the molecule is O=C(O)C1=C[N-]CS1.[Li+]. The van der Waals surface area contributed by atoms with Crippen molar-refractivity contribution in [1.82, 2.24) is 0 Å². The number of rotatable bonds is 1. The van der Waals surface area contributed by atoms with E-state index in [0.717, 1.165) is 0 Å². The molecule has 0 saturated heterocycles. The van der Waals surface area contributed by atoms with E-state index >= 15 is 0 Å². The second kappa shape index (κ2) is 3.88. The summed E-state index contributed by atoms with van der Waals surface area (Å²) in [5.74, 6) is -0.321. The summed E-state index contributed by atoms with van der Waals surface area (Å²) < 4.78 is 0. The fourth-order valence-corrected chi connectivity index (χ4v) is 0.942. The van der Waals surface area contributed by atoms with Gasteiger partial charge in [-0.05, 0) is 0 Å². The van der Waals surface area contributed by atoms with E-state index in [1.807, 2.05) is 0 Å². The molecule has 0 aromatic heterocycles. The Morgan fingerprint density at radius 3 is 2.78 bits per heavy atom. The molecule has 1 rings (SSSR count).